The molecule has 0 aliphatic rings. The van der Waals surface area contributed by atoms with Crippen molar-refractivity contribution in [2.45, 2.75) is 6.54 Å². The third-order valence-corrected chi connectivity index (χ3v) is 4.67. The van der Waals surface area contributed by atoms with Crippen LogP contribution in [0.5, 0.6) is 11.5 Å². The van der Waals surface area contributed by atoms with Crippen molar-refractivity contribution in [2.24, 2.45) is 0 Å². The number of anilines is 2. The minimum Gasteiger partial charge on any atom is -0.497 e. The summed E-state index contributed by atoms with van der Waals surface area (Å²) in [5.41, 5.74) is 1.16. The summed E-state index contributed by atoms with van der Waals surface area (Å²) in [5, 5.41) is 16.6. The van der Waals surface area contributed by atoms with E-state index >= 15 is 0 Å². The van der Waals surface area contributed by atoms with Crippen molar-refractivity contribution < 1.29 is 19.1 Å². The molecule has 2 aromatic carbocycles. The van der Waals surface area contributed by atoms with Crippen molar-refractivity contribution in [1.82, 2.24) is 15.5 Å². The van der Waals surface area contributed by atoms with E-state index in [1.807, 2.05) is 18.2 Å². The first-order chi connectivity index (χ1) is 14.1. The lowest BCUT2D eigenvalue weighted by Crippen LogP contribution is -2.28. The van der Waals surface area contributed by atoms with Crippen LogP contribution in [0.1, 0.15) is 14.8 Å². The Balaban J connectivity index is 1.54. The van der Waals surface area contributed by atoms with Crippen LogP contribution in [0.2, 0.25) is 0 Å². The van der Waals surface area contributed by atoms with Crippen LogP contribution in [0.25, 0.3) is 0 Å². The lowest BCUT2D eigenvalue weighted by molar-refractivity contribution is 0.102. The zero-order valence-corrected chi connectivity index (χ0v) is 16.6. The molecule has 0 atom stereocenters. The van der Waals surface area contributed by atoms with Crippen LogP contribution in [0, 0.1) is 0 Å². The molecule has 3 aromatic rings. The van der Waals surface area contributed by atoms with Gasteiger partial charge in [-0.1, -0.05) is 29.5 Å². The molecule has 3 N–H and O–H groups in total. The molecule has 0 aliphatic carbocycles. The molecule has 29 heavy (non-hydrogen) atoms. The highest BCUT2D eigenvalue weighted by Gasteiger charge is 2.14. The van der Waals surface area contributed by atoms with E-state index in [0.717, 1.165) is 11.3 Å². The van der Waals surface area contributed by atoms with Gasteiger partial charge in [-0.3, -0.25) is 4.79 Å². The normalized spacial score (nSPS) is 10.1. The van der Waals surface area contributed by atoms with Gasteiger partial charge in [0.1, 0.15) is 16.5 Å². The maximum atomic E-state index is 12.2. The Morgan fingerprint density at radius 2 is 1.79 bits per heavy atom. The maximum absolute atomic E-state index is 12.2. The number of carbonyl (C=O) groups excluding carboxylic acids is 2. The third kappa shape index (κ3) is 5.42. The van der Waals surface area contributed by atoms with Gasteiger partial charge in [-0.05, 0) is 24.3 Å². The fourth-order valence-electron chi connectivity index (χ4n) is 2.35. The average molecular weight is 413 g/mol. The highest BCUT2D eigenvalue weighted by Crippen LogP contribution is 2.28. The summed E-state index contributed by atoms with van der Waals surface area (Å²) < 4.78 is 10.4. The number of nitrogens with zero attached hydrogens (tertiary/aromatic N) is 2. The number of aromatic nitrogens is 2. The highest BCUT2D eigenvalue weighted by molar-refractivity contribution is 7.13. The van der Waals surface area contributed by atoms with Gasteiger partial charge in [0.2, 0.25) is 5.01 Å². The molecule has 0 saturated heterocycles. The van der Waals surface area contributed by atoms with Gasteiger partial charge in [0.15, 0.2) is 0 Å². The summed E-state index contributed by atoms with van der Waals surface area (Å²) in [5.74, 6) is 0.727. The van der Waals surface area contributed by atoms with Gasteiger partial charge >= 0.3 is 6.03 Å². The topological polar surface area (TPSA) is 114 Å². The van der Waals surface area contributed by atoms with Crippen LogP contribution in [0.3, 0.4) is 0 Å². The van der Waals surface area contributed by atoms with Gasteiger partial charge in [0.25, 0.3) is 5.91 Å². The average Bonchev–Trinajstić information content (AvgIpc) is 3.22. The number of methoxy groups -OCH3 is 2. The molecule has 0 spiro atoms. The second-order valence-electron chi connectivity index (χ2n) is 5.69. The molecule has 150 valence electrons. The van der Waals surface area contributed by atoms with Crippen molar-refractivity contribution >= 4 is 34.6 Å². The van der Waals surface area contributed by atoms with E-state index in [9.17, 15) is 9.59 Å². The van der Waals surface area contributed by atoms with E-state index in [1.54, 1.807) is 37.4 Å². The highest BCUT2D eigenvalue weighted by atomic mass is 32.1. The summed E-state index contributed by atoms with van der Waals surface area (Å²) >= 11 is 1.10. The number of urea groups is 1. The lowest BCUT2D eigenvalue weighted by Gasteiger charge is -2.11. The van der Waals surface area contributed by atoms with Gasteiger partial charge in [-0.2, -0.15) is 0 Å². The van der Waals surface area contributed by atoms with E-state index in [1.165, 1.54) is 7.11 Å². The molecule has 0 unspecified atom stereocenters. The Bertz CT molecular complexity index is 993. The molecule has 0 bridgehead atoms. The first-order valence-corrected chi connectivity index (χ1v) is 9.36. The number of hydrogen-bond donors (Lipinski definition) is 3. The standard InChI is InChI=1S/C19H19N5O4S/c1-27-13-8-9-14(15(10-13)28-2)22-19(26)20-11-16-23-24-18(29-16)17(25)21-12-6-4-3-5-7-12/h3-10H,11H2,1-2H3,(H,21,25)(H2,20,22,26). The van der Waals surface area contributed by atoms with Crippen LogP contribution < -0.4 is 25.4 Å². The summed E-state index contributed by atoms with van der Waals surface area (Å²) in [4.78, 5) is 24.4. The molecule has 1 aromatic heterocycles. The Morgan fingerprint density at radius 3 is 2.52 bits per heavy atom. The molecular formula is C19H19N5O4S. The van der Waals surface area contributed by atoms with E-state index in [-0.39, 0.29) is 17.5 Å². The monoisotopic (exact) mass is 413 g/mol. The number of carbonyl (C=O) groups is 2. The molecule has 0 fully saturated rings. The number of benzene rings is 2. The zero-order valence-electron chi connectivity index (χ0n) is 15.8. The number of hydrogen-bond acceptors (Lipinski definition) is 7. The molecule has 1 heterocycles. The molecule has 0 saturated carbocycles. The van der Waals surface area contributed by atoms with Crippen LogP contribution in [0.4, 0.5) is 16.2 Å². The van der Waals surface area contributed by atoms with Crippen molar-refractivity contribution in [3.8, 4) is 11.5 Å². The van der Waals surface area contributed by atoms with Crippen LogP contribution in [0.15, 0.2) is 48.5 Å². The van der Waals surface area contributed by atoms with Crippen molar-refractivity contribution in [2.75, 3.05) is 24.9 Å². The quantitative estimate of drug-likeness (QED) is 0.548. The summed E-state index contributed by atoms with van der Waals surface area (Å²) in [6.45, 7) is 0.126. The smallest absolute Gasteiger partial charge is 0.319 e. The summed E-state index contributed by atoms with van der Waals surface area (Å²) in [7, 11) is 3.05. The van der Waals surface area contributed by atoms with E-state index in [2.05, 4.69) is 26.1 Å². The number of rotatable bonds is 7. The largest absolute Gasteiger partial charge is 0.497 e. The molecule has 9 nitrogen and oxygen atoms in total. The molecule has 0 aliphatic heterocycles. The number of amides is 3. The number of ether oxygens (including phenoxy) is 2. The van der Waals surface area contributed by atoms with Gasteiger partial charge in [-0.25, -0.2) is 4.79 Å². The Labute approximate surface area is 171 Å². The Hall–Kier alpha value is -3.66. The fourth-order valence-corrected chi connectivity index (χ4v) is 3.02. The molecule has 3 amide bonds. The van der Waals surface area contributed by atoms with Crippen LogP contribution >= 0.6 is 11.3 Å². The van der Waals surface area contributed by atoms with E-state index < -0.39 is 6.03 Å². The predicted molar refractivity (Wildman–Crippen MR) is 110 cm³/mol. The van der Waals surface area contributed by atoms with Crippen molar-refractivity contribution in [3.05, 3.63) is 58.5 Å². The Morgan fingerprint density at radius 1 is 1.00 bits per heavy atom. The van der Waals surface area contributed by atoms with Crippen molar-refractivity contribution in [3.63, 3.8) is 0 Å². The fraction of sp³-hybridized carbons (Fsp3) is 0.158. The first kappa shape index (κ1) is 20.1. The summed E-state index contributed by atoms with van der Waals surface area (Å²) in [6.07, 6.45) is 0. The third-order valence-electron chi connectivity index (χ3n) is 3.75. The van der Waals surface area contributed by atoms with Gasteiger partial charge in [0.05, 0.1) is 26.5 Å². The second kappa shape index (κ2) is 9.51. The van der Waals surface area contributed by atoms with Crippen LogP contribution in [-0.2, 0) is 6.54 Å². The summed E-state index contributed by atoms with van der Waals surface area (Å²) in [6, 6.07) is 13.7. The SMILES string of the molecule is COc1ccc(NC(=O)NCc2nnc(C(=O)Nc3ccccc3)s2)c(OC)c1. The van der Waals surface area contributed by atoms with E-state index in [0.29, 0.717) is 27.9 Å². The van der Waals surface area contributed by atoms with Gasteiger partial charge in [-0.15, -0.1) is 10.2 Å². The minimum absolute atomic E-state index is 0.126. The maximum Gasteiger partial charge on any atom is 0.319 e. The Kier molecular flexibility index (Phi) is 6.59. The van der Waals surface area contributed by atoms with E-state index in [4.69, 9.17) is 9.47 Å². The van der Waals surface area contributed by atoms with Crippen molar-refractivity contribution in [1.29, 1.82) is 0 Å². The molecule has 10 heteroatoms. The molecule has 0 radical (unpaired) electrons. The number of para-hydroxylation sites is 1. The van der Waals surface area contributed by atoms with Crippen LogP contribution in [-0.4, -0.2) is 36.4 Å². The zero-order chi connectivity index (χ0) is 20.6. The minimum atomic E-state index is -0.445. The predicted octanol–water partition coefficient (Wildman–Crippen LogP) is 3.13. The lowest BCUT2D eigenvalue weighted by atomic mass is 10.2. The first-order valence-electron chi connectivity index (χ1n) is 8.54. The number of nitrogens with one attached hydrogen (secondary N) is 3. The molecule has 3 rings (SSSR count). The molecular weight excluding hydrogens is 394 g/mol. The second-order valence-corrected chi connectivity index (χ2v) is 6.76. The van der Waals surface area contributed by atoms with Gasteiger partial charge in [0, 0.05) is 11.8 Å². The van der Waals surface area contributed by atoms with Gasteiger partial charge < -0.3 is 25.4 Å².